The van der Waals surface area contributed by atoms with E-state index in [1.165, 1.54) is 0 Å². The molecule has 5 nitrogen and oxygen atoms in total. The third kappa shape index (κ3) is 2.24. The van der Waals surface area contributed by atoms with Crippen LogP contribution in [-0.2, 0) is 0 Å². The second kappa shape index (κ2) is 5.12. The van der Waals surface area contributed by atoms with Crippen LogP contribution in [0.25, 0.3) is 33.5 Å². The Labute approximate surface area is 135 Å². The molecule has 0 radical (unpaired) electrons. The number of halogens is 2. The van der Waals surface area contributed by atoms with Crippen LogP contribution in [0.2, 0.25) is 10.0 Å². The molecule has 2 aromatic carbocycles. The number of nitrogens with zero attached hydrogens (tertiary/aromatic N) is 3. The van der Waals surface area contributed by atoms with Crippen LogP contribution in [-0.4, -0.2) is 25.6 Å². The lowest BCUT2D eigenvalue weighted by atomic mass is 10.1. The van der Waals surface area contributed by atoms with E-state index in [1.807, 2.05) is 42.5 Å². The van der Waals surface area contributed by atoms with Gasteiger partial charge in [-0.3, -0.25) is 0 Å². The minimum absolute atomic E-state index is 0.537. The third-order valence-electron chi connectivity index (χ3n) is 3.46. The zero-order chi connectivity index (χ0) is 15.1. The van der Waals surface area contributed by atoms with E-state index < -0.39 is 0 Å². The van der Waals surface area contributed by atoms with Gasteiger partial charge >= 0.3 is 0 Å². The van der Waals surface area contributed by atoms with Crippen molar-refractivity contribution in [3.8, 4) is 22.6 Å². The largest absolute Gasteiger partial charge is 0.354 e. The minimum atomic E-state index is 0.537. The second-order valence-electron chi connectivity index (χ2n) is 4.85. The highest BCUT2D eigenvalue weighted by molar-refractivity contribution is 6.42. The molecule has 0 saturated heterocycles. The summed E-state index contributed by atoms with van der Waals surface area (Å²) in [6, 6.07) is 13.6. The van der Waals surface area contributed by atoms with Crippen LogP contribution < -0.4 is 0 Å². The Bertz CT molecular complexity index is 903. The van der Waals surface area contributed by atoms with Crippen LogP contribution >= 0.6 is 23.2 Å². The van der Waals surface area contributed by atoms with E-state index in [1.54, 1.807) is 0 Å². The Morgan fingerprint density at radius 1 is 0.864 bits per heavy atom. The fraction of sp³-hybridized carbons (Fsp3) is 0. The third-order valence-corrected chi connectivity index (χ3v) is 4.18. The van der Waals surface area contributed by atoms with Crippen molar-refractivity contribution < 1.29 is 0 Å². The van der Waals surface area contributed by atoms with E-state index in [-0.39, 0.29) is 0 Å². The number of H-pyrrole nitrogens is 2. The standard InChI is InChI=1S/C15H9Cl2N5/c16-11-5-10-6-13(18-14(10)7-12(11)17)8-1-3-9(4-2-8)15-19-21-22-20-15/h1-7,18H,(H,19,20,21,22). The van der Waals surface area contributed by atoms with Crippen LogP contribution in [0.4, 0.5) is 0 Å². The van der Waals surface area contributed by atoms with Crippen molar-refractivity contribution in [2.75, 3.05) is 0 Å². The van der Waals surface area contributed by atoms with Crippen LogP contribution in [0.5, 0.6) is 0 Å². The number of aromatic nitrogens is 5. The highest BCUT2D eigenvalue weighted by Gasteiger charge is 2.08. The molecule has 0 saturated carbocycles. The van der Waals surface area contributed by atoms with Crippen molar-refractivity contribution in [3.63, 3.8) is 0 Å². The molecule has 4 aromatic rings. The lowest BCUT2D eigenvalue weighted by molar-refractivity contribution is 0.881. The summed E-state index contributed by atoms with van der Waals surface area (Å²) in [5.74, 6) is 0.571. The van der Waals surface area contributed by atoms with Gasteiger partial charge in [-0.2, -0.15) is 5.21 Å². The van der Waals surface area contributed by atoms with Crippen LogP contribution in [0.1, 0.15) is 0 Å². The normalized spacial score (nSPS) is 11.2. The quantitative estimate of drug-likeness (QED) is 0.575. The van der Waals surface area contributed by atoms with Gasteiger partial charge < -0.3 is 4.98 Å². The van der Waals surface area contributed by atoms with E-state index in [2.05, 4.69) is 25.6 Å². The van der Waals surface area contributed by atoms with E-state index in [0.29, 0.717) is 15.9 Å². The Kier molecular flexibility index (Phi) is 3.10. The molecular formula is C15H9Cl2N5. The summed E-state index contributed by atoms with van der Waals surface area (Å²) in [6.07, 6.45) is 0. The van der Waals surface area contributed by atoms with Crippen LogP contribution in [0.15, 0.2) is 42.5 Å². The molecule has 2 N–H and O–H groups in total. The zero-order valence-electron chi connectivity index (χ0n) is 11.1. The maximum atomic E-state index is 6.05. The molecule has 0 bridgehead atoms. The van der Waals surface area contributed by atoms with E-state index in [0.717, 1.165) is 27.7 Å². The maximum Gasteiger partial charge on any atom is 0.204 e. The Hall–Kier alpha value is -2.37. The van der Waals surface area contributed by atoms with Crippen LogP contribution in [0.3, 0.4) is 0 Å². The van der Waals surface area contributed by atoms with Gasteiger partial charge in [0.15, 0.2) is 0 Å². The number of nitrogens with one attached hydrogen (secondary N) is 2. The first-order valence-electron chi connectivity index (χ1n) is 6.53. The smallest absolute Gasteiger partial charge is 0.204 e. The van der Waals surface area contributed by atoms with E-state index in [4.69, 9.17) is 23.2 Å². The van der Waals surface area contributed by atoms with Gasteiger partial charge in [0.2, 0.25) is 5.82 Å². The maximum absolute atomic E-state index is 6.05. The Morgan fingerprint density at radius 3 is 2.32 bits per heavy atom. The highest BCUT2D eigenvalue weighted by atomic mass is 35.5. The Morgan fingerprint density at radius 2 is 1.59 bits per heavy atom. The lowest BCUT2D eigenvalue weighted by Gasteiger charge is -1.99. The SMILES string of the molecule is Clc1cc2cc(-c3ccc(-c4nn[nH]n4)cc3)[nH]c2cc1Cl. The van der Waals surface area contributed by atoms with E-state index >= 15 is 0 Å². The molecular weight excluding hydrogens is 321 g/mol. The number of benzene rings is 2. The molecule has 22 heavy (non-hydrogen) atoms. The molecule has 0 fully saturated rings. The summed E-state index contributed by atoms with van der Waals surface area (Å²) in [7, 11) is 0. The van der Waals surface area contributed by atoms with Crippen molar-refractivity contribution in [1.82, 2.24) is 25.6 Å². The van der Waals surface area contributed by atoms with E-state index in [9.17, 15) is 0 Å². The first kappa shape index (κ1) is 13.3. The number of tetrazole rings is 1. The molecule has 0 unspecified atom stereocenters. The van der Waals surface area contributed by atoms with Crippen molar-refractivity contribution in [1.29, 1.82) is 0 Å². The summed E-state index contributed by atoms with van der Waals surface area (Å²) < 4.78 is 0. The van der Waals surface area contributed by atoms with Crippen molar-refractivity contribution >= 4 is 34.1 Å². The van der Waals surface area contributed by atoms with Crippen LogP contribution in [0, 0.1) is 0 Å². The molecule has 2 aromatic heterocycles. The summed E-state index contributed by atoms with van der Waals surface area (Å²) >= 11 is 12.1. The Balaban J connectivity index is 1.75. The van der Waals surface area contributed by atoms with Gasteiger partial charge in [0.1, 0.15) is 0 Å². The van der Waals surface area contributed by atoms with Gasteiger partial charge in [0.25, 0.3) is 0 Å². The van der Waals surface area contributed by atoms with Crippen molar-refractivity contribution in [2.24, 2.45) is 0 Å². The number of hydrogen-bond donors (Lipinski definition) is 2. The molecule has 0 aliphatic heterocycles. The fourth-order valence-electron chi connectivity index (χ4n) is 2.37. The summed E-state index contributed by atoms with van der Waals surface area (Å²) in [5, 5.41) is 16.0. The number of aromatic amines is 2. The molecule has 0 aliphatic rings. The zero-order valence-corrected chi connectivity index (χ0v) is 12.7. The lowest BCUT2D eigenvalue weighted by Crippen LogP contribution is -1.82. The monoisotopic (exact) mass is 329 g/mol. The molecule has 2 heterocycles. The molecule has 0 amide bonds. The van der Waals surface area contributed by atoms with Gasteiger partial charge in [0, 0.05) is 22.2 Å². The molecule has 108 valence electrons. The molecule has 0 atom stereocenters. The molecule has 4 rings (SSSR count). The highest BCUT2D eigenvalue weighted by Crippen LogP contribution is 2.31. The molecule has 0 spiro atoms. The van der Waals surface area contributed by atoms with Gasteiger partial charge in [-0.25, -0.2) is 0 Å². The van der Waals surface area contributed by atoms with Crippen molar-refractivity contribution in [3.05, 3.63) is 52.5 Å². The first-order valence-corrected chi connectivity index (χ1v) is 7.28. The topological polar surface area (TPSA) is 70.2 Å². The van der Waals surface area contributed by atoms with Gasteiger partial charge in [-0.1, -0.05) is 47.5 Å². The number of hydrogen-bond acceptors (Lipinski definition) is 3. The second-order valence-corrected chi connectivity index (χ2v) is 5.66. The summed E-state index contributed by atoms with van der Waals surface area (Å²) in [4.78, 5) is 3.34. The number of fused-ring (bicyclic) bond motifs is 1. The van der Waals surface area contributed by atoms with Crippen molar-refractivity contribution in [2.45, 2.75) is 0 Å². The minimum Gasteiger partial charge on any atom is -0.354 e. The average Bonchev–Trinajstić information content (AvgIpc) is 3.17. The summed E-state index contributed by atoms with van der Waals surface area (Å²) in [5.41, 5.74) is 3.90. The average molecular weight is 330 g/mol. The van der Waals surface area contributed by atoms with Gasteiger partial charge in [-0.15, -0.1) is 10.2 Å². The fourth-order valence-corrected chi connectivity index (χ4v) is 2.70. The number of rotatable bonds is 2. The predicted molar refractivity (Wildman–Crippen MR) is 86.9 cm³/mol. The van der Waals surface area contributed by atoms with Gasteiger partial charge in [0.05, 0.1) is 10.0 Å². The molecule has 0 aliphatic carbocycles. The molecule has 7 heteroatoms. The summed E-state index contributed by atoms with van der Waals surface area (Å²) in [6.45, 7) is 0. The predicted octanol–water partition coefficient (Wildman–Crippen LogP) is 4.32. The first-order chi connectivity index (χ1) is 10.7. The van der Waals surface area contributed by atoms with Gasteiger partial charge in [-0.05, 0) is 29.0 Å².